The lowest BCUT2D eigenvalue weighted by Gasteiger charge is -2.22. The summed E-state index contributed by atoms with van der Waals surface area (Å²) in [6.07, 6.45) is 6.11. The van der Waals surface area contributed by atoms with Gasteiger partial charge in [0.25, 0.3) is 0 Å². The van der Waals surface area contributed by atoms with Gasteiger partial charge in [-0.05, 0) is 89.9 Å². The number of rotatable bonds is 12. The summed E-state index contributed by atoms with van der Waals surface area (Å²) in [7, 11) is 0. The molecule has 0 aromatic rings. The second-order valence-corrected chi connectivity index (χ2v) is 7.56. The van der Waals surface area contributed by atoms with Gasteiger partial charge in [0.05, 0.1) is 5.76 Å². The molecule has 0 radical (unpaired) electrons. The summed E-state index contributed by atoms with van der Waals surface area (Å²) < 4.78 is 0. The van der Waals surface area contributed by atoms with Crippen molar-refractivity contribution >= 4 is 5.91 Å². The normalized spacial score (nSPS) is 14.8. The molecule has 0 rings (SSSR count). The van der Waals surface area contributed by atoms with E-state index in [2.05, 4.69) is 52.2 Å². The van der Waals surface area contributed by atoms with Gasteiger partial charge in [0.1, 0.15) is 0 Å². The van der Waals surface area contributed by atoms with Crippen LogP contribution >= 0.6 is 0 Å². The summed E-state index contributed by atoms with van der Waals surface area (Å²) in [5, 5.41) is 13.0. The highest BCUT2D eigenvalue weighted by atomic mass is 16.3. The molecule has 3 heteroatoms. The summed E-state index contributed by atoms with van der Waals surface area (Å²) in [6.45, 7) is 22.9. The fraction of sp³-hybridized carbons (Fsp3) is 0.560. The van der Waals surface area contributed by atoms with Crippen molar-refractivity contribution in [1.82, 2.24) is 5.32 Å². The Kier molecular flexibility index (Phi) is 12.2. The molecule has 0 saturated heterocycles. The summed E-state index contributed by atoms with van der Waals surface area (Å²) in [4.78, 5) is 12.2. The average Bonchev–Trinajstić information content (AvgIpc) is 2.61. The van der Waals surface area contributed by atoms with Crippen molar-refractivity contribution < 1.29 is 9.90 Å². The number of amides is 1. The van der Waals surface area contributed by atoms with Gasteiger partial charge in [-0.25, -0.2) is 0 Å². The van der Waals surface area contributed by atoms with Crippen molar-refractivity contribution in [2.45, 2.75) is 80.6 Å². The number of allylic oxidation sites excluding steroid dienone is 8. The van der Waals surface area contributed by atoms with E-state index in [4.69, 9.17) is 0 Å². The van der Waals surface area contributed by atoms with Gasteiger partial charge < -0.3 is 10.4 Å². The first-order valence-corrected chi connectivity index (χ1v) is 10.4. The highest BCUT2D eigenvalue weighted by Gasteiger charge is 2.21. The predicted molar refractivity (Wildman–Crippen MR) is 122 cm³/mol. The maximum Gasteiger partial charge on any atom is 0.220 e. The van der Waals surface area contributed by atoms with Crippen LogP contribution in [0.15, 0.2) is 58.4 Å². The molecule has 1 atom stereocenters. The van der Waals surface area contributed by atoms with E-state index in [9.17, 15) is 9.90 Å². The topological polar surface area (TPSA) is 49.3 Å². The van der Waals surface area contributed by atoms with Gasteiger partial charge >= 0.3 is 0 Å². The van der Waals surface area contributed by atoms with Gasteiger partial charge in [-0.2, -0.15) is 0 Å². The van der Waals surface area contributed by atoms with E-state index in [0.29, 0.717) is 13.0 Å². The fourth-order valence-corrected chi connectivity index (χ4v) is 3.77. The predicted octanol–water partition coefficient (Wildman–Crippen LogP) is 6.96. The van der Waals surface area contributed by atoms with Crippen LogP contribution in [0.1, 0.15) is 80.6 Å². The molecule has 0 bridgehead atoms. The maximum atomic E-state index is 12.2. The molecule has 1 unspecified atom stereocenters. The Morgan fingerprint density at radius 3 is 2.18 bits per heavy atom. The Balaban J connectivity index is 5.30. The third-order valence-corrected chi connectivity index (χ3v) is 5.34. The van der Waals surface area contributed by atoms with Gasteiger partial charge in [-0.15, -0.1) is 0 Å². The van der Waals surface area contributed by atoms with Crippen molar-refractivity contribution in [3.05, 3.63) is 58.4 Å². The first-order valence-electron chi connectivity index (χ1n) is 10.4. The summed E-state index contributed by atoms with van der Waals surface area (Å²) >= 11 is 0. The lowest BCUT2D eigenvalue weighted by molar-refractivity contribution is -0.121. The van der Waals surface area contributed by atoms with Crippen molar-refractivity contribution in [2.24, 2.45) is 5.92 Å². The molecule has 0 spiro atoms. The van der Waals surface area contributed by atoms with Crippen molar-refractivity contribution in [1.29, 1.82) is 0 Å². The van der Waals surface area contributed by atoms with Gasteiger partial charge in [-0.3, -0.25) is 4.79 Å². The zero-order valence-corrected chi connectivity index (χ0v) is 19.2. The van der Waals surface area contributed by atoms with Crippen LogP contribution in [0.3, 0.4) is 0 Å². The molecule has 0 aliphatic rings. The van der Waals surface area contributed by atoms with Crippen LogP contribution in [0.4, 0.5) is 0 Å². The number of hydrogen-bond acceptors (Lipinski definition) is 2. The number of nitrogens with one attached hydrogen (secondary N) is 1. The van der Waals surface area contributed by atoms with Crippen molar-refractivity contribution in [3.63, 3.8) is 0 Å². The Morgan fingerprint density at radius 2 is 1.75 bits per heavy atom. The monoisotopic (exact) mass is 387 g/mol. The lowest BCUT2D eigenvalue weighted by Crippen LogP contribution is -2.26. The van der Waals surface area contributed by atoms with E-state index >= 15 is 0 Å². The van der Waals surface area contributed by atoms with E-state index in [1.807, 2.05) is 13.8 Å². The maximum absolute atomic E-state index is 12.2. The largest absolute Gasteiger partial charge is 0.512 e. The molecule has 0 fully saturated rings. The van der Waals surface area contributed by atoms with E-state index < -0.39 is 0 Å². The first-order chi connectivity index (χ1) is 13.1. The minimum absolute atomic E-state index is 0.0133. The van der Waals surface area contributed by atoms with Crippen molar-refractivity contribution in [3.8, 4) is 0 Å². The minimum Gasteiger partial charge on any atom is -0.512 e. The Labute approximate surface area is 173 Å². The average molecular weight is 388 g/mol. The van der Waals surface area contributed by atoms with Gasteiger partial charge in [0, 0.05) is 13.0 Å². The minimum atomic E-state index is -0.0333. The van der Waals surface area contributed by atoms with Crippen LogP contribution in [-0.4, -0.2) is 17.6 Å². The van der Waals surface area contributed by atoms with E-state index in [-0.39, 0.29) is 17.6 Å². The second-order valence-electron chi connectivity index (χ2n) is 7.56. The Morgan fingerprint density at radius 1 is 1.14 bits per heavy atom. The molecular weight excluding hydrogens is 346 g/mol. The Hall–Kier alpha value is -2.03. The summed E-state index contributed by atoms with van der Waals surface area (Å²) in [6, 6.07) is 0. The molecule has 3 nitrogen and oxygen atoms in total. The smallest absolute Gasteiger partial charge is 0.220 e. The number of aliphatic hydroxyl groups is 1. The zero-order valence-electron chi connectivity index (χ0n) is 19.2. The molecular formula is C25H41NO2. The van der Waals surface area contributed by atoms with Gasteiger partial charge in [-0.1, -0.05) is 42.9 Å². The number of aliphatic hydroxyl groups excluding tert-OH is 1. The highest BCUT2D eigenvalue weighted by molar-refractivity contribution is 5.76. The summed E-state index contributed by atoms with van der Waals surface area (Å²) in [5.41, 5.74) is 6.71. The summed E-state index contributed by atoms with van der Waals surface area (Å²) in [5.74, 6) is 0.238. The number of hydrogen-bond donors (Lipinski definition) is 2. The van der Waals surface area contributed by atoms with E-state index in [1.165, 1.54) is 16.7 Å². The first kappa shape index (κ1) is 26.0. The third kappa shape index (κ3) is 8.33. The molecule has 0 saturated carbocycles. The van der Waals surface area contributed by atoms with E-state index in [1.54, 1.807) is 6.92 Å². The lowest BCUT2D eigenvalue weighted by atomic mass is 9.84. The van der Waals surface area contributed by atoms with Crippen LogP contribution in [0.2, 0.25) is 0 Å². The number of carbonyl (C=O) groups excluding carboxylic acids is 1. The van der Waals surface area contributed by atoms with Crippen LogP contribution in [0.5, 0.6) is 0 Å². The van der Waals surface area contributed by atoms with Crippen LogP contribution in [-0.2, 0) is 4.79 Å². The van der Waals surface area contributed by atoms with Gasteiger partial charge in [0.2, 0.25) is 5.91 Å². The zero-order chi connectivity index (χ0) is 21.9. The SMILES string of the molecule is C=C(CCCC(CC(=O)NCC)/C(C(=C)C)=C(/C)O)/C(C)=C(CC)\C(C)=C/C. The van der Waals surface area contributed by atoms with Crippen LogP contribution < -0.4 is 5.32 Å². The molecule has 0 aromatic carbocycles. The van der Waals surface area contributed by atoms with Crippen molar-refractivity contribution in [2.75, 3.05) is 6.54 Å². The molecule has 0 aliphatic heterocycles. The number of carbonyl (C=O) groups is 1. The fourth-order valence-electron chi connectivity index (χ4n) is 3.77. The van der Waals surface area contributed by atoms with Crippen LogP contribution in [0, 0.1) is 5.92 Å². The molecule has 0 heterocycles. The second kappa shape index (κ2) is 13.2. The van der Waals surface area contributed by atoms with Crippen LogP contribution in [0.25, 0.3) is 0 Å². The third-order valence-electron chi connectivity index (χ3n) is 5.34. The molecule has 2 N–H and O–H groups in total. The standard InChI is InChI=1S/C25H41NO2/c1-10-18(6)23(11-2)20(8)19(7)14-13-15-22(16-24(28)26-12-3)25(17(4)5)21(9)27/h10,22,27H,4,7,11-16H2,1-3,5-6,8-9H3,(H,26,28)/b18-10-,23-20-,25-21-. The Bertz CT molecular complexity index is 658. The molecule has 1 amide bonds. The quantitative estimate of drug-likeness (QED) is 0.281. The molecule has 28 heavy (non-hydrogen) atoms. The molecule has 0 aromatic heterocycles. The molecule has 158 valence electrons. The van der Waals surface area contributed by atoms with E-state index in [0.717, 1.165) is 42.4 Å². The highest BCUT2D eigenvalue weighted by Crippen LogP contribution is 2.31. The van der Waals surface area contributed by atoms with Gasteiger partial charge in [0.15, 0.2) is 0 Å². The molecule has 0 aliphatic carbocycles.